The number of nitrogens with zero attached hydrogens (tertiary/aromatic N) is 1. The molecule has 0 radical (unpaired) electrons. The zero-order valence-electron chi connectivity index (χ0n) is 20.9. The first-order chi connectivity index (χ1) is 15.2. The van der Waals surface area contributed by atoms with Crippen LogP contribution in [0.1, 0.15) is 55.4 Å². The van der Waals surface area contributed by atoms with Crippen LogP contribution in [0.2, 0.25) is 22.2 Å². The molecular weight excluding hydrogens is 463 g/mol. The average Bonchev–Trinajstić information content (AvgIpc) is 2.96. The number of hydrogen-bond donors (Lipinski definition) is 3. The van der Waals surface area contributed by atoms with E-state index in [4.69, 9.17) is 8.85 Å². The molecule has 1 aliphatic heterocycles. The first-order valence-corrected chi connectivity index (χ1v) is 15.4. The SMILES string of the molecule is C=C1[C@H](O)[C@@H](CO)O[C@]1(n1cc(F)c(=O)[nH]c1=O)[SiH](O[Si](C(C)C)(C(C)C)C(C)C)C(C)C. The zero-order valence-corrected chi connectivity index (χ0v) is 23.0. The Hall–Kier alpha value is -1.38. The molecule has 1 aliphatic rings. The van der Waals surface area contributed by atoms with Crippen LogP contribution in [-0.4, -0.2) is 55.9 Å². The molecule has 0 saturated carbocycles. The van der Waals surface area contributed by atoms with Gasteiger partial charge in [0.25, 0.3) is 5.56 Å². The smallest absolute Gasteiger partial charge is 0.330 e. The summed E-state index contributed by atoms with van der Waals surface area (Å²) in [5.41, 5.74) is -1.37. The van der Waals surface area contributed by atoms with Crippen LogP contribution < -0.4 is 11.2 Å². The van der Waals surface area contributed by atoms with Gasteiger partial charge in [0, 0.05) is 5.57 Å². The second-order valence-corrected chi connectivity index (χ2v) is 19.3. The molecule has 3 N–H and O–H groups in total. The van der Waals surface area contributed by atoms with E-state index in [1.54, 1.807) is 0 Å². The van der Waals surface area contributed by atoms with Crippen LogP contribution in [0.5, 0.6) is 0 Å². The van der Waals surface area contributed by atoms with Gasteiger partial charge in [0.05, 0.1) is 12.8 Å². The van der Waals surface area contributed by atoms with Crippen molar-refractivity contribution in [3.05, 3.63) is 45.0 Å². The van der Waals surface area contributed by atoms with Crippen LogP contribution in [0.3, 0.4) is 0 Å². The summed E-state index contributed by atoms with van der Waals surface area (Å²) in [6, 6.07) is 0. The Kier molecular flexibility index (Phi) is 8.52. The fourth-order valence-corrected chi connectivity index (χ4v) is 18.5. The molecule has 1 aromatic heterocycles. The van der Waals surface area contributed by atoms with Crippen molar-refractivity contribution in [2.45, 2.75) is 95.1 Å². The van der Waals surface area contributed by atoms with Crippen LogP contribution in [0.25, 0.3) is 0 Å². The van der Waals surface area contributed by atoms with Gasteiger partial charge in [-0.15, -0.1) is 0 Å². The highest BCUT2D eigenvalue weighted by Gasteiger charge is 2.61. The Morgan fingerprint density at radius 1 is 1.21 bits per heavy atom. The fourth-order valence-electron chi connectivity index (χ4n) is 5.53. The summed E-state index contributed by atoms with van der Waals surface area (Å²) in [6.45, 7) is 20.2. The monoisotopic (exact) mass is 502 g/mol. The van der Waals surface area contributed by atoms with E-state index in [0.717, 1.165) is 10.8 Å². The van der Waals surface area contributed by atoms with Crippen molar-refractivity contribution >= 4 is 17.4 Å². The Balaban J connectivity index is 2.90. The summed E-state index contributed by atoms with van der Waals surface area (Å²) in [5, 5.41) is 19.0. The van der Waals surface area contributed by atoms with E-state index in [9.17, 15) is 24.2 Å². The summed E-state index contributed by atoms with van der Waals surface area (Å²) in [5.74, 6) is -1.16. The third-order valence-corrected chi connectivity index (χ3v) is 17.8. The molecule has 2 heterocycles. The molecule has 0 aromatic carbocycles. The highest BCUT2D eigenvalue weighted by Crippen LogP contribution is 2.49. The molecule has 4 atom stereocenters. The number of ether oxygens (including phenoxy) is 1. The lowest BCUT2D eigenvalue weighted by Gasteiger charge is -2.50. The van der Waals surface area contributed by atoms with Crippen LogP contribution in [0.15, 0.2) is 27.9 Å². The van der Waals surface area contributed by atoms with Crippen molar-refractivity contribution in [2.24, 2.45) is 0 Å². The molecule has 0 amide bonds. The normalized spacial score (nSPS) is 25.1. The maximum absolute atomic E-state index is 14.5. The molecular formula is C22H39FN2O6Si2. The van der Waals surface area contributed by atoms with Gasteiger partial charge in [0.15, 0.2) is 13.7 Å². The van der Waals surface area contributed by atoms with Gasteiger partial charge < -0.3 is 19.1 Å². The Morgan fingerprint density at radius 3 is 2.12 bits per heavy atom. The van der Waals surface area contributed by atoms with Gasteiger partial charge >= 0.3 is 5.69 Å². The lowest BCUT2D eigenvalue weighted by atomic mass is 10.1. The Bertz CT molecular complexity index is 955. The molecule has 0 spiro atoms. The van der Waals surface area contributed by atoms with Gasteiger partial charge in [-0.3, -0.25) is 14.3 Å². The Labute approximate surface area is 197 Å². The highest BCUT2D eigenvalue weighted by molar-refractivity contribution is 6.84. The Morgan fingerprint density at radius 2 is 1.73 bits per heavy atom. The van der Waals surface area contributed by atoms with E-state index in [1.165, 1.54) is 0 Å². The minimum Gasteiger partial charge on any atom is -0.453 e. The molecule has 1 aromatic rings. The number of aliphatic hydroxyl groups excluding tert-OH is 2. The van der Waals surface area contributed by atoms with E-state index in [0.29, 0.717) is 0 Å². The number of hydrogen-bond acceptors (Lipinski definition) is 6. The molecule has 1 unspecified atom stereocenters. The van der Waals surface area contributed by atoms with Crippen LogP contribution in [0, 0.1) is 5.82 Å². The molecule has 2 rings (SSSR count). The van der Waals surface area contributed by atoms with Gasteiger partial charge in [-0.25, -0.2) is 4.79 Å². The average molecular weight is 503 g/mol. The van der Waals surface area contributed by atoms with Gasteiger partial charge in [0.1, 0.15) is 12.2 Å². The molecule has 11 heteroatoms. The summed E-state index contributed by atoms with van der Waals surface area (Å²) >= 11 is 0. The van der Waals surface area contributed by atoms with Crippen molar-refractivity contribution in [1.29, 1.82) is 0 Å². The van der Waals surface area contributed by atoms with Crippen molar-refractivity contribution in [1.82, 2.24) is 9.55 Å². The molecule has 8 nitrogen and oxygen atoms in total. The predicted molar refractivity (Wildman–Crippen MR) is 131 cm³/mol. The summed E-state index contributed by atoms with van der Waals surface area (Å²) in [6.07, 6.45) is -1.55. The number of rotatable bonds is 9. The second kappa shape index (κ2) is 10.1. The molecule has 33 heavy (non-hydrogen) atoms. The second-order valence-electron chi connectivity index (χ2n) is 10.2. The van der Waals surface area contributed by atoms with Crippen molar-refractivity contribution in [3.8, 4) is 0 Å². The van der Waals surface area contributed by atoms with Gasteiger partial charge in [-0.05, 0) is 22.2 Å². The number of aliphatic hydroxyl groups is 2. The lowest BCUT2D eigenvalue weighted by molar-refractivity contribution is -0.0756. The number of aromatic amines is 1. The third-order valence-electron chi connectivity index (χ3n) is 6.97. The van der Waals surface area contributed by atoms with Crippen LogP contribution in [0.4, 0.5) is 4.39 Å². The minimum absolute atomic E-state index is 0.125. The van der Waals surface area contributed by atoms with E-state index in [2.05, 4.69) is 48.1 Å². The third kappa shape index (κ3) is 4.51. The molecule has 0 aliphatic carbocycles. The zero-order chi connectivity index (χ0) is 25.5. The molecule has 1 saturated heterocycles. The van der Waals surface area contributed by atoms with Crippen LogP contribution >= 0.6 is 0 Å². The largest absolute Gasteiger partial charge is 0.453 e. The summed E-state index contributed by atoms with van der Waals surface area (Å²) in [7, 11) is -5.30. The topological polar surface area (TPSA) is 114 Å². The number of nitrogens with one attached hydrogen (secondary N) is 1. The molecule has 0 bridgehead atoms. The van der Waals surface area contributed by atoms with E-state index in [-0.39, 0.29) is 27.7 Å². The molecule has 1 fully saturated rings. The predicted octanol–water partition coefficient (Wildman–Crippen LogP) is 2.50. The maximum Gasteiger partial charge on any atom is 0.330 e. The quantitative estimate of drug-likeness (QED) is 0.353. The highest BCUT2D eigenvalue weighted by atomic mass is 28.4. The van der Waals surface area contributed by atoms with Gasteiger partial charge in [0.2, 0.25) is 14.9 Å². The van der Waals surface area contributed by atoms with Crippen molar-refractivity contribution in [2.75, 3.05) is 6.61 Å². The summed E-state index contributed by atoms with van der Waals surface area (Å²) in [4.78, 5) is 26.7. The summed E-state index contributed by atoms with van der Waals surface area (Å²) < 4.78 is 28.8. The van der Waals surface area contributed by atoms with Crippen molar-refractivity contribution in [3.63, 3.8) is 0 Å². The first-order valence-electron chi connectivity index (χ1n) is 11.5. The number of H-pyrrole nitrogens is 1. The van der Waals surface area contributed by atoms with Crippen LogP contribution in [-0.2, 0) is 14.2 Å². The van der Waals surface area contributed by atoms with Gasteiger partial charge in [-0.1, -0.05) is 62.0 Å². The minimum atomic E-state index is -2.79. The molecule has 188 valence electrons. The maximum atomic E-state index is 14.5. The lowest BCUT2D eigenvalue weighted by Crippen LogP contribution is -2.63. The fraction of sp³-hybridized carbons (Fsp3) is 0.727. The standard InChI is InChI=1S/C22H39FN2O6Si2/c1-12(2)32(31-33(13(3)4,14(5)6)15(7)8)22(16(9)19(27)18(11-26)30-22)25-10-17(23)20(28)24-21(25)29/h10,12-15,18-19,26-27,32H,9,11H2,1-8H3,(H,24,28,29)/t18-,19+,22+,32?/m1/s1. The number of aromatic nitrogens is 2. The number of halogens is 1. The van der Waals surface area contributed by atoms with Gasteiger partial charge in [-0.2, -0.15) is 4.39 Å². The van der Waals surface area contributed by atoms with E-state index < -0.39 is 58.6 Å². The van der Waals surface area contributed by atoms with Crippen molar-refractivity contribution < 1.29 is 23.5 Å². The van der Waals surface area contributed by atoms with E-state index in [1.807, 2.05) is 18.8 Å². The first kappa shape index (κ1) is 27.9. The van der Waals surface area contributed by atoms with E-state index >= 15 is 0 Å².